The molecule has 0 saturated carbocycles. The van der Waals surface area contributed by atoms with E-state index in [-0.39, 0.29) is 0 Å². The minimum Gasteiger partial charge on any atom is -0.481 e. The van der Waals surface area contributed by atoms with Crippen LogP contribution in [0.25, 0.3) is 10.1 Å². The highest BCUT2D eigenvalue weighted by Crippen LogP contribution is 2.35. The number of esters is 1. The van der Waals surface area contributed by atoms with Gasteiger partial charge in [0.1, 0.15) is 16.4 Å². The van der Waals surface area contributed by atoms with Crippen molar-refractivity contribution in [2.24, 2.45) is 5.10 Å². The zero-order chi connectivity index (χ0) is 24.1. The lowest BCUT2D eigenvalue weighted by Gasteiger charge is -2.12. The summed E-state index contributed by atoms with van der Waals surface area (Å²) >= 11 is 13.5. The van der Waals surface area contributed by atoms with Gasteiger partial charge >= 0.3 is 5.97 Å². The van der Waals surface area contributed by atoms with Crippen LogP contribution in [0, 0.1) is 0 Å². The minimum absolute atomic E-state index is 0.353. The quantitative estimate of drug-likeness (QED) is 0.135. The van der Waals surface area contributed by atoms with Crippen molar-refractivity contribution in [1.82, 2.24) is 5.43 Å². The Morgan fingerprint density at radius 1 is 0.971 bits per heavy atom. The number of hydrazone groups is 1. The normalized spacial score (nSPS) is 12.0. The number of amides is 1. The summed E-state index contributed by atoms with van der Waals surface area (Å²) in [7, 11) is 0. The predicted molar refractivity (Wildman–Crippen MR) is 136 cm³/mol. The average molecular weight is 513 g/mol. The Morgan fingerprint density at radius 2 is 1.65 bits per heavy atom. The standard InChI is InChI=1S/C25H18Cl2N2O4S/c1-15(32-18-12-8-17(26)9-13-18)24(30)29-28-14-16-6-10-19(11-7-16)33-25(31)23-22(27)20-4-2-3-5-21(20)34-23/h2-15H,1H3,(H,29,30). The van der Waals surface area contributed by atoms with Crippen LogP contribution in [0.4, 0.5) is 0 Å². The molecule has 0 aliphatic rings. The first-order valence-corrected chi connectivity index (χ1v) is 11.7. The Kier molecular flexibility index (Phi) is 7.47. The molecule has 6 nitrogen and oxygen atoms in total. The highest BCUT2D eigenvalue weighted by molar-refractivity contribution is 7.21. The van der Waals surface area contributed by atoms with Gasteiger partial charge in [0.05, 0.1) is 11.2 Å². The van der Waals surface area contributed by atoms with Crippen LogP contribution in [0.1, 0.15) is 22.2 Å². The van der Waals surface area contributed by atoms with Crippen molar-refractivity contribution >= 4 is 62.7 Å². The summed E-state index contributed by atoms with van der Waals surface area (Å²) in [5.74, 6) is -0.0330. The molecule has 0 aliphatic carbocycles. The van der Waals surface area contributed by atoms with Gasteiger partial charge in [0.15, 0.2) is 6.10 Å². The van der Waals surface area contributed by atoms with Crippen molar-refractivity contribution in [2.75, 3.05) is 0 Å². The first-order chi connectivity index (χ1) is 16.4. The maximum absolute atomic E-state index is 12.6. The second kappa shape index (κ2) is 10.7. The number of benzene rings is 3. The van der Waals surface area contributed by atoms with Crippen molar-refractivity contribution in [3.8, 4) is 11.5 Å². The zero-order valence-electron chi connectivity index (χ0n) is 17.8. The lowest BCUT2D eigenvalue weighted by Crippen LogP contribution is -2.33. The van der Waals surface area contributed by atoms with Crippen molar-refractivity contribution < 1.29 is 19.1 Å². The zero-order valence-corrected chi connectivity index (χ0v) is 20.2. The molecular formula is C25H18Cl2N2O4S. The van der Waals surface area contributed by atoms with Crippen molar-refractivity contribution in [3.05, 3.63) is 93.3 Å². The number of rotatable bonds is 7. The molecule has 1 heterocycles. The highest BCUT2D eigenvalue weighted by Gasteiger charge is 2.19. The number of nitrogens with one attached hydrogen (secondary N) is 1. The molecule has 3 aromatic carbocycles. The molecule has 0 aliphatic heterocycles. The van der Waals surface area contributed by atoms with E-state index in [4.69, 9.17) is 32.7 Å². The minimum atomic E-state index is -0.749. The van der Waals surface area contributed by atoms with Crippen molar-refractivity contribution in [3.63, 3.8) is 0 Å². The molecule has 4 rings (SSSR count). The van der Waals surface area contributed by atoms with E-state index in [1.54, 1.807) is 55.5 Å². The fourth-order valence-corrected chi connectivity index (χ4v) is 4.46. The number of carbonyl (C=O) groups excluding carboxylic acids is 2. The lowest BCUT2D eigenvalue weighted by molar-refractivity contribution is -0.127. The number of carbonyl (C=O) groups is 2. The molecule has 0 saturated heterocycles. The van der Waals surface area contributed by atoms with Gasteiger partial charge in [0, 0.05) is 15.1 Å². The fraction of sp³-hybridized carbons (Fsp3) is 0.0800. The number of halogens is 2. The van der Waals surface area contributed by atoms with Crippen molar-refractivity contribution in [1.29, 1.82) is 0 Å². The predicted octanol–water partition coefficient (Wildman–Crippen LogP) is 6.34. The maximum atomic E-state index is 12.6. The summed E-state index contributed by atoms with van der Waals surface area (Å²) in [6.45, 7) is 1.62. The molecule has 0 spiro atoms. The number of hydrogen-bond acceptors (Lipinski definition) is 6. The van der Waals surface area contributed by atoms with Crippen LogP contribution >= 0.6 is 34.5 Å². The van der Waals surface area contributed by atoms with E-state index in [1.165, 1.54) is 17.6 Å². The van der Waals surface area contributed by atoms with Crippen LogP contribution in [0.3, 0.4) is 0 Å². The van der Waals surface area contributed by atoms with Crippen LogP contribution in [-0.4, -0.2) is 24.2 Å². The summed E-state index contributed by atoms with van der Waals surface area (Å²) in [5.41, 5.74) is 3.13. The number of ether oxygens (including phenoxy) is 2. The van der Waals surface area contributed by atoms with Gasteiger partial charge in [-0.05, 0) is 67.1 Å². The van der Waals surface area contributed by atoms with E-state index < -0.39 is 18.0 Å². The summed E-state index contributed by atoms with van der Waals surface area (Å²) in [5, 5.41) is 5.74. The smallest absolute Gasteiger partial charge is 0.355 e. The third kappa shape index (κ3) is 5.75. The first kappa shape index (κ1) is 23.8. The maximum Gasteiger partial charge on any atom is 0.355 e. The molecule has 1 aromatic heterocycles. The lowest BCUT2D eigenvalue weighted by atomic mass is 10.2. The van der Waals surface area contributed by atoms with E-state index in [0.717, 1.165) is 10.1 Å². The highest BCUT2D eigenvalue weighted by atomic mass is 35.5. The SMILES string of the molecule is CC(Oc1ccc(Cl)cc1)C(=O)NN=Cc1ccc(OC(=O)c2sc3ccccc3c2Cl)cc1. The number of fused-ring (bicyclic) bond motifs is 1. The summed E-state index contributed by atoms with van der Waals surface area (Å²) in [6, 6.07) is 20.9. The van der Waals surface area contributed by atoms with Gasteiger partial charge in [0.2, 0.25) is 0 Å². The molecular weight excluding hydrogens is 495 g/mol. The van der Waals surface area contributed by atoms with E-state index >= 15 is 0 Å². The second-order valence-electron chi connectivity index (χ2n) is 7.15. The molecule has 0 radical (unpaired) electrons. The Hall–Kier alpha value is -3.39. The molecule has 1 amide bonds. The molecule has 0 fully saturated rings. The van der Waals surface area contributed by atoms with Crippen LogP contribution < -0.4 is 14.9 Å². The number of hydrogen-bond donors (Lipinski definition) is 1. The molecule has 172 valence electrons. The van der Waals surface area contributed by atoms with Gasteiger partial charge in [-0.3, -0.25) is 4.79 Å². The molecule has 34 heavy (non-hydrogen) atoms. The number of nitrogens with zero attached hydrogens (tertiary/aromatic N) is 1. The fourth-order valence-electron chi connectivity index (χ4n) is 2.95. The van der Waals surface area contributed by atoms with E-state index in [9.17, 15) is 9.59 Å². The average Bonchev–Trinajstić information content (AvgIpc) is 3.18. The van der Waals surface area contributed by atoms with Crippen molar-refractivity contribution in [2.45, 2.75) is 13.0 Å². The topological polar surface area (TPSA) is 77.0 Å². The monoisotopic (exact) mass is 512 g/mol. The number of thiophene rings is 1. The Bertz CT molecular complexity index is 1350. The summed E-state index contributed by atoms with van der Waals surface area (Å²) < 4.78 is 11.9. The third-order valence-corrected chi connectivity index (χ3v) is 6.60. The molecule has 1 atom stereocenters. The Labute approximate surface area is 209 Å². The molecule has 1 unspecified atom stereocenters. The van der Waals surface area contributed by atoms with Crippen LogP contribution in [0.5, 0.6) is 11.5 Å². The van der Waals surface area contributed by atoms with Crippen LogP contribution in [0.2, 0.25) is 10.0 Å². The molecule has 1 N–H and O–H groups in total. The van der Waals surface area contributed by atoms with E-state index in [0.29, 0.717) is 32.0 Å². The van der Waals surface area contributed by atoms with Gasteiger partial charge in [0.25, 0.3) is 5.91 Å². The van der Waals surface area contributed by atoms with Gasteiger partial charge in [-0.25, -0.2) is 10.2 Å². The van der Waals surface area contributed by atoms with Gasteiger partial charge in [-0.2, -0.15) is 5.10 Å². The Balaban J connectivity index is 1.31. The van der Waals surface area contributed by atoms with Crippen LogP contribution in [0.15, 0.2) is 77.9 Å². The second-order valence-corrected chi connectivity index (χ2v) is 9.01. The summed E-state index contributed by atoms with van der Waals surface area (Å²) in [4.78, 5) is 25.1. The third-order valence-electron chi connectivity index (χ3n) is 4.70. The van der Waals surface area contributed by atoms with Gasteiger partial charge in [-0.1, -0.05) is 41.4 Å². The molecule has 4 aromatic rings. The Morgan fingerprint density at radius 3 is 2.35 bits per heavy atom. The molecule has 0 bridgehead atoms. The molecule has 9 heteroatoms. The summed E-state index contributed by atoms with van der Waals surface area (Å²) in [6.07, 6.45) is 0.724. The largest absolute Gasteiger partial charge is 0.481 e. The van der Waals surface area contributed by atoms with Gasteiger partial charge in [-0.15, -0.1) is 11.3 Å². The van der Waals surface area contributed by atoms with Gasteiger partial charge < -0.3 is 9.47 Å². The van der Waals surface area contributed by atoms with Crippen LogP contribution in [-0.2, 0) is 4.79 Å². The first-order valence-electron chi connectivity index (χ1n) is 10.1. The van der Waals surface area contributed by atoms with E-state index in [1.807, 2.05) is 24.3 Å². The van der Waals surface area contributed by atoms with E-state index in [2.05, 4.69) is 10.5 Å².